The SMILES string of the molecule is CCCC/C=C/C/C=C/CCCCCCCC(=O)OC[C@H](COP(=O)(O)OC[C@H](N)C(=O)O)OC(=O)CCCCCCC/C=C/CCCCC. The molecule has 0 radical (unpaired) electrons. The Hall–Kier alpha value is -2.30. The third-order valence-corrected chi connectivity index (χ3v) is 8.81. The number of esters is 2. The molecule has 0 saturated carbocycles. The molecule has 0 bridgehead atoms. The lowest BCUT2D eigenvalue weighted by molar-refractivity contribution is -0.161. The maximum absolute atomic E-state index is 12.5. The van der Waals surface area contributed by atoms with Crippen LogP contribution in [0.2, 0.25) is 0 Å². The molecule has 1 unspecified atom stereocenters. The van der Waals surface area contributed by atoms with Crippen LogP contribution in [0.4, 0.5) is 0 Å². The number of nitrogens with two attached hydrogens (primary N) is 1. The van der Waals surface area contributed by atoms with Gasteiger partial charge in [-0.05, 0) is 64.2 Å². The number of carboxylic acid groups (broad SMARTS) is 1. The minimum absolute atomic E-state index is 0.147. The third-order valence-electron chi connectivity index (χ3n) is 7.86. The van der Waals surface area contributed by atoms with Crippen LogP contribution in [-0.2, 0) is 37.5 Å². The second kappa shape index (κ2) is 33.8. The van der Waals surface area contributed by atoms with E-state index in [4.69, 9.17) is 24.8 Å². The Kier molecular flexibility index (Phi) is 32.3. The van der Waals surface area contributed by atoms with Gasteiger partial charge in [-0.25, -0.2) is 4.57 Å². The van der Waals surface area contributed by atoms with E-state index in [1.165, 1.54) is 32.1 Å². The van der Waals surface area contributed by atoms with Gasteiger partial charge < -0.3 is 25.2 Å². The van der Waals surface area contributed by atoms with Crippen LogP contribution < -0.4 is 5.73 Å². The summed E-state index contributed by atoms with van der Waals surface area (Å²) < 4.78 is 32.5. The highest BCUT2D eigenvalue weighted by Crippen LogP contribution is 2.43. The fraction of sp³-hybridized carbons (Fsp3) is 0.763. The Bertz CT molecular complexity index is 1000. The van der Waals surface area contributed by atoms with Crippen molar-refractivity contribution >= 4 is 25.7 Å². The first kappa shape index (κ1) is 47.7. The van der Waals surface area contributed by atoms with Gasteiger partial charge in [0.2, 0.25) is 0 Å². The standard InChI is InChI=1S/C38H68NO10P/c1-3-5-7-9-11-13-15-17-18-20-21-23-25-27-29-36(40)46-31-34(32-47-50(44,45)48-33-35(39)38(42)43)49-37(41)30-28-26-24-22-19-16-14-12-10-8-6-4-2/h9,11-12,14-15,17,34-35H,3-8,10,13,16,18-33,39H2,1-2H3,(H,42,43)(H,44,45)/b11-9+,14-12+,17-15+/t34-,35+/m1/s1. The molecule has 0 heterocycles. The molecule has 4 N–H and O–H groups in total. The fourth-order valence-electron chi connectivity index (χ4n) is 4.78. The van der Waals surface area contributed by atoms with Crippen LogP contribution in [0, 0.1) is 0 Å². The van der Waals surface area contributed by atoms with E-state index in [0.29, 0.717) is 12.8 Å². The molecule has 50 heavy (non-hydrogen) atoms. The highest BCUT2D eigenvalue weighted by Gasteiger charge is 2.28. The first-order valence-corrected chi connectivity index (χ1v) is 20.5. The molecule has 0 aliphatic rings. The Labute approximate surface area is 302 Å². The van der Waals surface area contributed by atoms with Crippen molar-refractivity contribution in [3.8, 4) is 0 Å². The molecule has 0 aromatic heterocycles. The maximum Gasteiger partial charge on any atom is 0.472 e. The summed E-state index contributed by atoms with van der Waals surface area (Å²) in [7, 11) is -4.71. The van der Waals surface area contributed by atoms with Crippen molar-refractivity contribution in [2.75, 3.05) is 19.8 Å². The predicted octanol–water partition coefficient (Wildman–Crippen LogP) is 9.28. The zero-order valence-electron chi connectivity index (χ0n) is 31.0. The molecule has 12 heteroatoms. The summed E-state index contributed by atoms with van der Waals surface area (Å²) in [4.78, 5) is 45.7. The molecule has 0 amide bonds. The molecule has 0 aliphatic carbocycles. The molecule has 0 aromatic rings. The van der Waals surface area contributed by atoms with E-state index in [2.05, 4.69) is 54.8 Å². The topological polar surface area (TPSA) is 172 Å². The number of carbonyl (C=O) groups excluding carboxylic acids is 2. The average molecular weight is 730 g/mol. The fourth-order valence-corrected chi connectivity index (χ4v) is 5.56. The first-order chi connectivity index (χ1) is 24.1. The number of carboxylic acids is 1. The van der Waals surface area contributed by atoms with Crippen LogP contribution in [0.15, 0.2) is 36.5 Å². The number of ether oxygens (including phenoxy) is 2. The molecule has 0 rings (SSSR count). The number of allylic oxidation sites excluding steroid dienone is 6. The number of hydrogen-bond donors (Lipinski definition) is 3. The van der Waals surface area contributed by atoms with Crippen molar-refractivity contribution in [1.82, 2.24) is 0 Å². The van der Waals surface area contributed by atoms with Crippen molar-refractivity contribution in [3.05, 3.63) is 36.5 Å². The lowest BCUT2D eigenvalue weighted by Crippen LogP contribution is -2.34. The summed E-state index contributed by atoms with van der Waals surface area (Å²) in [5, 5.41) is 8.85. The van der Waals surface area contributed by atoms with Gasteiger partial charge in [-0.3, -0.25) is 23.4 Å². The zero-order chi connectivity index (χ0) is 37.1. The Balaban J connectivity index is 4.48. The zero-order valence-corrected chi connectivity index (χ0v) is 31.9. The van der Waals surface area contributed by atoms with Gasteiger partial charge in [0.1, 0.15) is 12.6 Å². The minimum Gasteiger partial charge on any atom is -0.480 e. The van der Waals surface area contributed by atoms with Gasteiger partial charge in [0.15, 0.2) is 6.10 Å². The number of phosphoric acid groups is 1. The van der Waals surface area contributed by atoms with Crippen LogP contribution in [-0.4, -0.2) is 59.9 Å². The Morgan fingerprint density at radius 3 is 1.64 bits per heavy atom. The van der Waals surface area contributed by atoms with Gasteiger partial charge >= 0.3 is 25.7 Å². The van der Waals surface area contributed by atoms with E-state index in [1.54, 1.807) is 0 Å². The van der Waals surface area contributed by atoms with Gasteiger partial charge in [-0.15, -0.1) is 0 Å². The van der Waals surface area contributed by atoms with E-state index >= 15 is 0 Å². The quantitative estimate of drug-likeness (QED) is 0.0246. The van der Waals surface area contributed by atoms with Crippen molar-refractivity contribution in [3.63, 3.8) is 0 Å². The van der Waals surface area contributed by atoms with Crippen LogP contribution in [0.3, 0.4) is 0 Å². The van der Waals surface area contributed by atoms with Crippen LogP contribution in [0.5, 0.6) is 0 Å². The van der Waals surface area contributed by atoms with Crippen molar-refractivity contribution in [1.29, 1.82) is 0 Å². The molecule has 290 valence electrons. The normalized spacial score (nSPS) is 14.3. The van der Waals surface area contributed by atoms with Gasteiger partial charge in [-0.2, -0.15) is 0 Å². The number of rotatable bonds is 35. The highest BCUT2D eigenvalue weighted by atomic mass is 31.2. The molecule has 0 fully saturated rings. The summed E-state index contributed by atoms with van der Waals surface area (Å²) in [6.45, 7) is 2.69. The molecule has 0 spiro atoms. The molecule has 3 atom stereocenters. The van der Waals surface area contributed by atoms with Crippen molar-refractivity contribution in [2.24, 2.45) is 5.73 Å². The minimum atomic E-state index is -4.71. The van der Waals surface area contributed by atoms with Gasteiger partial charge in [-0.1, -0.05) is 115 Å². The van der Waals surface area contributed by atoms with Crippen molar-refractivity contribution < 1.29 is 47.5 Å². The molecular weight excluding hydrogens is 661 g/mol. The van der Waals surface area contributed by atoms with Gasteiger partial charge in [0.25, 0.3) is 0 Å². The first-order valence-electron chi connectivity index (χ1n) is 19.0. The second-order valence-electron chi connectivity index (χ2n) is 12.7. The number of aliphatic carboxylic acids is 1. The predicted molar refractivity (Wildman–Crippen MR) is 199 cm³/mol. The Morgan fingerprint density at radius 1 is 0.620 bits per heavy atom. The maximum atomic E-state index is 12.5. The molecule has 11 nitrogen and oxygen atoms in total. The van der Waals surface area contributed by atoms with E-state index in [1.807, 2.05) is 0 Å². The van der Waals surface area contributed by atoms with E-state index < -0.39 is 51.1 Å². The van der Waals surface area contributed by atoms with Gasteiger partial charge in [0, 0.05) is 12.8 Å². The molecule has 0 saturated heterocycles. The summed E-state index contributed by atoms with van der Waals surface area (Å²) in [5.74, 6) is -2.41. The lowest BCUT2D eigenvalue weighted by Gasteiger charge is -2.20. The largest absolute Gasteiger partial charge is 0.480 e. The molecular formula is C38H68NO10P. The molecule has 0 aliphatic heterocycles. The lowest BCUT2D eigenvalue weighted by atomic mass is 10.1. The second-order valence-corrected chi connectivity index (χ2v) is 14.2. The number of hydrogen-bond acceptors (Lipinski definition) is 9. The average Bonchev–Trinajstić information content (AvgIpc) is 3.09. The monoisotopic (exact) mass is 729 g/mol. The molecule has 0 aromatic carbocycles. The van der Waals surface area contributed by atoms with Crippen molar-refractivity contribution in [2.45, 2.75) is 167 Å². The summed E-state index contributed by atoms with van der Waals surface area (Å²) in [6, 6.07) is -1.52. The van der Waals surface area contributed by atoms with Crippen LogP contribution >= 0.6 is 7.82 Å². The third kappa shape index (κ3) is 32.9. The highest BCUT2D eigenvalue weighted by molar-refractivity contribution is 7.47. The van der Waals surface area contributed by atoms with E-state index in [0.717, 1.165) is 83.5 Å². The summed E-state index contributed by atoms with van der Waals surface area (Å²) >= 11 is 0. The van der Waals surface area contributed by atoms with Crippen LogP contribution in [0.25, 0.3) is 0 Å². The van der Waals surface area contributed by atoms with Gasteiger partial charge in [0.05, 0.1) is 13.2 Å². The number of carbonyl (C=O) groups is 3. The van der Waals surface area contributed by atoms with E-state index in [9.17, 15) is 23.8 Å². The Morgan fingerprint density at radius 2 is 1.08 bits per heavy atom. The summed E-state index contributed by atoms with van der Waals surface area (Å²) in [5.41, 5.74) is 5.31. The van der Waals surface area contributed by atoms with E-state index in [-0.39, 0.29) is 19.4 Å². The smallest absolute Gasteiger partial charge is 0.472 e. The summed E-state index contributed by atoms with van der Waals surface area (Å²) in [6.07, 6.45) is 33.6. The number of phosphoric ester groups is 1. The number of unbranched alkanes of at least 4 members (excludes halogenated alkanes) is 15. The van der Waals surface area contributed by atoms with Crippen LogP contribution in [0.1, 0.15) is 155 Å².